The summed E-state index contributed by atoms with van der Waals surface area (Å²) in [4.78, 5) is 11.8. The molecule has 0 saturated carbocycles. The molecule has 0 aliphatic rings. The number of benzene rings is 2. The van der Waals surface area contributed by atoms with E-state index >= 15 is 0 Å². The molecule has 0 bridgehead atoms. The maximum absolute atomic E-state index is 11.8. The molecule has 0 spiro atoms. The number of amides is 1. The fraction of sp³-hybridized carbons (Fsp3) is 0.176. The van der Waals surface area contributed by atoms with Gasteiger partial charge >= 0.3 is 0 Å². The first-order valence-electron chi connectivity index (χ1n) is 7.27. The number of nitrogens with one attached hydrogen (secondary N) is 3. The summed E-state index contributed by atoms with van der Waals surface area (Å²) in [5.41, 5.74) is 7.15. The average molecular weight is 364 g/mol. The van der Waals surface area contributed by atoms with Gasteiger partial charge in [0.25, 0.3) is 0 Å². The van der Waals surface area contributed by atoms with Gasteiger partial charge in [-0.05, 0) is 47.6 Å². The van der Waals surface area contributed by atoms with Crippen LogP contribution in [0.3, 0.4) is 0 Å². The van der Waals surface area contributed by atoms with E-state index in [1.54, 1.807) is 19.2 Å². The molecule has 0 heterocycles. The molecule has 0 aliphatic carbocycles. The number of carbonyl (C=O) groups is 1. The third-order valence-electron chi connectivity index (χ3n) is 3.21. The first kappa shape index (κ1) is 18.0. The van der Waals surface area contributed by atoms with E-state index in [4.69, 9.17) is 28.6 Å². The number of carbonyl (C=O) groups excluding carboxylic acids is 1. The average Bonchev–Trinajstić information content (AvgIpc) is 2.60. The van der Waals surface area contributed by atoms with Crippen molar-refractivity contribution in [2.45, 2.75) is 13.0 Å². The van der Waals surface area contributed by atoms with Gasteiger partial charge in [-0.15, -0.1) is 0 Å². The molecule has 126 valence electrons. The Morgan fingerprint density at radius 1 is 1.04 bits per heavy atom. The van der Waals surface area contributed by atoms with Crippen molar-refractivity contribution in [3.63, 3.8) is 0 Å². The Morgan fingerprint density at radius 2 is 1.67 bits per heavy atom. The Bertz CT molecular complexity index is 690. The minimum atomic E-state index is -0.189. The monoisotopic (exact) mass is 363 g/mol. The second-order valence-corrected chi connectivity index (χ2v) is 5.85. The largest absolute Gasteiger partial charge is 0.497 e. The lowest BCUT2D eigenvalue weighted by Gasteiger charge is -2.12. The number of rotatable bonds is 5. The minimum Gasteiger partial charge on any atom is -0.497 e. The van der Waals surface area contributed by atoms with Crippen LogP contribution in [-0.2, 0) is 17.8 Å². The third-order valence-corrected chi connectivity index (χ3v) is 3.70. The van der Waals surface area contributed by atoms with Crippen molar-refractivity contribution in [3.05, 3.63) is 64.7 Å². The maximum atomic E-state index is 11.8. The Hall–Kier alpha value is -2.31. The van der Waals surface area contributed by atoms with Crippen molar-refractivity contribution >= 4 is 34.8 Å². The van der Waals surface area contributed by atoms with E-state index in [0.717, 1.165) is 16.9 Å². The summed E-state index contributed by atoms with van der Waals surface area (Å²) in [5.74, 6) is 0.611. The number of halogens is 1. The number of hydrazine groups is 1. The number of methoxy groups -OCH3 is 1. The predicted octanol–water partition coefficient (Wildman–Crippen LogP) is 2.59. The first-order chi connectivity index (χ1) is 11.6. The van der Waals surface area contributed by atoms with Crippen molar-refractivity contribution in [2.24, 2.45) is 0 Å². The highest BCUT2D eigenvalue weighted by Gasteiger charge is 2.04. The zero-order valence-corrected chi connectivity index (χ0v) is 14.7. The number of thiocarbonyl (C=S) groups is 1. The van der Waals surface area contributed by atoms with E-state index in [-0.39, 0.29) is 12.3 Å². The van der Waals surface area contributed by atoms with E-state index in [2.05, 4.69) is 16.2 Å². The molecule has 24 heavy (non-hydrogen) atoms. The fourth-order valence-electron chi connectivity index (χ4n) is 1.93. The second-order valence-electron chi connectivity index (χ2n) is 5.01. The van der Waals surface area contributed by atoms with Gasteiger partial charge < -0.3 is 10.1 Å². The molecule has 2 aromatic rings. The van der Waals surface area contributed by atoms with Crippen LogP contribution < -0.4 is 20.9 Å². The summed E-state index contributed by atoms with van der Waals surface area (Å²) in [6.07, 6.45) is 0.241. The van der Waals surface area contributed by atoms with Crippen LogP contribution >= 0.6 is 23.8 Å². The minimum absolute atomic E-state index is 0.189. The Kier molecular flexibility index (Phi) is 6.84. The van der Waals surface area contributed by atoms with E-state index in [1.807, 2.05) is 36.4 Å². The first-order valence-corrected chi connectivity index (χ1v) is 8.05. The second kappa shape index (κ2) is 9.10. The molecule has 0 saturated heterocycles. The molecule has 0 aromatic heterocycles. The smallest absolute Gasteiger partial charge is 0.242 e. The molecule has 0 aliphatic heterocycles. The van der Waals surface area contributed by atoms with Crippen LogP contribution in [0.1, 0.15) is 11.1 Å². The summed E-state index contributed by atoms with van der Waals surface area (Å²) < 4.78 is 5.10. The Labute approximate surface area is 151 Å². The highest BCUT2D eigenvalue weighted by molar-refractivity contribution is 7.80. The number of hydrogen-bond acceptors (Lipinski definition) is 3. The molecule has 1 amide bonds. The summed E-state index contributed by atoms with van der Waals surface area (Å²) in [7, 11) is 1.62. The molecule has 0 radical (unpaired) electrons. The SMILES string of the molecule is COc1ccc(CNC(=S)NNC(=O)Cc2ccc(Cl)cc2)cc1. The lowest BCUT2D eigenvalue weighted by Crippen LogP contribution is -2.47. The fourth-order valence-corrected chi connectivity index (χ4v) is 2.18. The lowest BCUT2D eigenvalue weighted by molar-refractivity contribution is -0.121. The molecule has 3 N–H and O–H groups in total. The maximum Gasteiger partial charge on any atom is 0.242 e. The van der Waals surface area contributed by atoms with Crippen LogP contribution in [0.4, 0.5) is 0 Å². The van der Waals surface area contributed by atoms with E-state index in [0.29, 0.717) is 16.7 Å². The zero-order chi connectivity index (χ0) is 17.4. The molecule has 0 atom stereocenters. The van der Waals surface area contributed by atoms with Gasteiger partial charge in [-0.25, -0.2) is 0 Å². The summed E-state index contributed by atoms with van der Waals surface area (Å²) in [6.45, 7) is 0.545. The van der Waals surface area contributed by atoms with Crippen LogP contribution in [0.25, 0.3) is 0 Å². The van der Waals surface area contributed by atoms with Gasteiger partial charge in [-0.2, -0.15) is 0 Å². The van der Waals surface area contributed by atoms with Gasteiger partial charge in [0, 0.05) is 11.6 Å². The van der Waals surface area contributed by atoms with Crippen molar-refractivity contribution in [3.8, 4) is 5.75 Å². The zero-order valence-electron chi connectivity index (χ0n) is 13.1. The van der Waals surface area contributed by atoms with Crippen LogP contribution in [0.2, 0.25) is 5.02 Å². The normalized spacial score (nSPS) is 9.92. The Balaban J connectivity index is 1.70. The van der Waals surface area contributed by atoms with Crippen LogP contribution in [0.5, 0.6) is 5.75 Å². The topological polar surface area (TPSA) is 62.4 Å². The van der Waals surface area contributed by atoms with Crippen LogP contribution in [-0.4, -0.2) is 18.1 Å². The predicted molar refractivity (Wildman–Crippen MR) is 98.9 cm³/mol. The van der Waals surface area contributed by atoms with Crippen LogP contribution in [0, 0.1) is 0 Å². The standard InChI is InChI=1S/C17H18ClN3O2S/c1-23-15-8-4-13(5-9-15)11-19-17(24)21-20-16(22)10-12-2-6-14(18)7-3-12/h2-9H,10-11H2,1H3,(H,20,22)(H2,19,21,24). The third kappa shape index (κ3) is 6.06. The van der Waals surface area contributed by atoms with E-state index in [9.17, 15) is 4.79 Å². The molecule has 2 aromatic carbocycles. The van der Waals surface area contributed by atoms with Crippen molar-refractivity contribution in [1.29, 1.82) is 0 Å². The molecule has 2 rings (SSSR count). The highest BCUT2D eigenvalue weighted by Crippen LogP contribution is 2.11. The highest BCUT2D eigenvalue weighted by atomic mass is 35.5. The van der Waals surface area contributed by atoms with Crippen LogP contribution in [0.15, 0.2) is 48.5 Å². The van der Waals surface area contributed by atoms with E-state index < -0.39 is 0 Å². The summed E-state index contributed by atoms with van der Waals surface area (Å²) in [6, 6.07) is 14.7. The summed E-state index contributed by atoms with van der Waals surface area (Å²) >= 11 is 10.9. The Morgan fingerprint density at radius 3 is 2.29 bits per heavy atom. The van der Waals surface area contributed by atoms with Gasteiger partial charge in [0.1, 0.15) is 5.75 Å². The molecular weight excluding hydrogens is 346 g/mol. The van der Waals surface area contributed by atoms with Crippen molar-refractivity contribution in [1.82, 2.24) is 16.2 Å². The van der Waals surface area contributed by atoms with Gasteiger partial charge in [0.2, 0.25) is 5.91 Å². The molecular formula is C17H18ClN3O2S. The summed E-state index contributed by atoms with van der Waals surface area (Å²) in [5, 5.41) is 3.99. The quantitative estimate of drug-likeness (QED) is 0.563. The van der Waals surface area contributed by atoms with E-state index in [1.165, 1.54) is 0 Å². The molecule has 7 heteroatoms. The lowest BCUT2D eigenvalue weighted by atomic mass is 10.1. The van der Waals surface area contributed by atoms with Crippen molar-refractivity contribution < 1.29 is 9.53 Å². The number of hydrogen-bond donors (Lipinski definition) is 3. The van der Waals surface area contributed by atoms with Gasteiger partial charge in [-0.3, -0.25) is 15.6 Å². The molecule has 0 unspecified atom stereocenters. The number of ether oxygens (including phenoxy) is 1. The van der Waals surface area contributed by atoms with Crippen molar-refractivity contribution in [2.75, 3.05) is 7.11 Å². The molecule has 0 fully saturated rings. The van der Waals surface area contributed by atoms with Gasteiger partial charge in [0.15, 0.2) is 5.11 Å². The van der Waals surface area contributed by atoms with Gasteiger partial charge in [0.05, 0.1) is 13.5 Å². The molecule has 5 nitrogen and oxygen atoms in total. The van der Waals surface area contributed by atoms with Gasteiger partial charge in [-0.1, -0.05) is 35.9 Å².